The molecule has 94 valence electrons. The second kappa shape index (κ2) is 7.91. The summed E-state index contributed by atoms with van der Waals surface area (Å²) in [6.45, 7) is 5.64. The van der Waals surface area contributed by atoms with Crippen molar-refractivity contribution >= 4 is 0 Å². The molecule has 1 N–H and O–H groups in total. The molecular weight excluding hydrogens is 212 g/mol. The highest BCUT2D eigenvalue weighted by Crippen LogP contribution is 2.13. The van der Waals surface area contributed by atoms with E-state index in [4.69, 9.17) is 4.74 Å². The first-order chi connectivity index (χ1) is 8.27. The molecule has 0 amide bonds. The zero-order valence-corrected chi connectivity index (χ0v) is 10.5. The van der Waals surface area contributed by atoms with Crippen LogP contribution in [0.25, 0.3) is 0 Å². The normalized spacial score (nSPS) is 14.0. The zero-order chi connectivity index (χ0) is 12.5. The second-order valence-corrected chi connectivity index (χ2v) is 4.22. The standard InChI is InChI=1S/C15H22O2/c1-3-8-15(17-4-2)14(16)12-11-13-9-6-5-7-10-13/h4-7,9-10,14-16H,2-3,8,11-12H2,1H3/t14-,15+/m0/s1. The Hall–Kier alpha value is -1.28. The highest BCUT2D eigenvalue weighted by Gasteiger charge is 2.18. The van der Waals surface area contributed by atoms with Crippen LogP contribution in [0.1, 0.15) is 31.7 Å². The van der Waals surface area contributed by atoms with Gasteiger partial charge in [0.05, 0.1) is 12.4 Å². The van der Waals surface area contributed by atoms with Crippen LogP contribution in [0.5, 0.6) is 0 Å². The van der Waals surface area contributed by atoms with Crippen molar-refractivity contribution in [3.63, 3.8) is 0 Å². The minimum Gasteiger partial charge on any atom is -0.496 e. The first kappa shape index (κ1) is 13.8. The van der Waals surface area contributed by atoms with E-state index in [1.165, 1.54) is 11.8 Å². The molecule has 0 heterocycles. The third-order valence-electron chi connectivity index (χ3n) is 2.84. The number of hydrogen-bond donors (Lipinski definition) is 1. The summed E-state index contributed by atoms with van der Waals surface area (Å²) in [4.78, 5) is 0. The summed E-state index contributed by atoms with van der Waals surface area (Å²) in [5, 5.41) is 10.1. The van der Waals surface area contributed by atoms with Gasteiger partial charge in [-0.1, -0.05) is 50.3 Å². The molecule has 2 nitrogen and oxygen atoms in total. The molecule has 0 saturated carbocycles. The lowest BCUT2D eigenvalue weighted by Gasteiger charge is -2.21. The van der Waals surface area contributed by atoms with Crippen molar-refractivity contribution in [2.75, 3.05) is 0 Å². The van der Waals surface area contributed by atoms with Gasteiger partial charge in [0, 0.05) is 0 Å². The van der Waals surface area contributed by atoms with Crippen LogP contribution in [0.4, 0.5) is 0 Å². The summed E-state index contributed by atoms with van der Waals surface area (Å²) >= 11 is 0. The molecule has 0 bridgehead atoms. The largest absolute Gasteiger partial charge is 0.496 e. The topological polar surface area (TPSA) is 29.5 Å². The van der Waals surface area contributed by atoms with E-state index in [2.05, 4.69) is 25.6 Å². The molecule has 2 heteroatoms. The molecule has 0 aliphatic rings. The van der Waals surface area contributed by atoms with Gasteiger partial charge in [0.2, 0.25) is 0 Å². The molecule has 1 rings (SSSR count). The molecule has 0 radical (unpaired) electrons. The summed E-state index contributed by atoms with van der Waals surface area (Å²) in [5.74, 6) is 0. The summed E-state index contributed by atoms with van der Waals surface area (Å²) in [6.07, 6.45) is 4.34. The van der Waals surface area contributed by atoms with Crippen molar-refractivity contribution in [1.82, 2.24) is 0 Å². The summed E-state index contributed by atoms with van der Waals surface area (Å²) < 4.78 is 5.35. The van der Waals surface area contributed by atoms with E-state index in [0.717, 1.165) is 25.7 Å². The van der Waals surface area contributed by atoms with E-state index < -0.39 is 6.10 Å². The monoisotopic (exact) mass is 234 g/mol. The molecule has 17 heavy (non-hydrogen) atoms. The molecule has 1 aromatic carbocycles. The van der Waals surface area contributed by atoms with Crippen LogP contribution in [0, 0.1) is 0 Å². The first-order valence-corrected chi connectivity index (χ1v) is 6.26. The minimum absolute atomic E-state index is 0.124. The SMILES string of the molecule is C=CO[C@H](CCC)[C@@H](O)CCc1ccccc1. The molecule has 0 aliphatic carbocycles. The fourth-order valence-corrected chi connectivity index (χ4v) is 1.90. The van der Waals surface area contributed by atoms with Gasteiger partial charge in [-0.15, -0.1) is 0 Å². The number of aliphatic hydroxyl groups is 1. The Bertz CT molecular complexity index is 308. The van der Waals surface area contributed by atoms with E-state index in [0.29, 0.717) is 0 Å². The smallest absolute Gasteiger partial charge is 0.124 e. The van der Waals surface area contributed by atoms with Crippen LogP contribution in [-0.2, 0) is 11.2 Å². The van der Waals surface area contributed by atoms with Crippen LogP contribution >= 0.6 is 0 Å². The molecule has 0 saturated heterocycles. The van der Waals surface area contributed by atoms with Crippen LogP contribution in [0.3, 0.4) is 0 Å². The maximum Gasteiger partial charge on any atom is 0.124 e. The van der Waals surface area contributed by atoms with Gasteiger partial charge in [0.1, 0.15) is 6.10 Å². The highest BCUT2D eigenvalue weighted by molar-refractivity contribution is 5.14. The average molecular weight is 234 g/mol. The maximum atomic E-state index is 10.1. The van der Waals surface area contributed by atoms with Gasteiger partial charge < -0.3 is 9.84 Å². The summed E-state index contributed by atoms with van der Waals surface area (Å²) in [6, 6.07) is 10.2. The number of aryl methyl sites for hydroxylation is 1. The van der Waals surface area contributed by atoms with Gasteiger partial charge in [0.15, 0.2) is 0 Å². The molecule has 0 aromatic heterocycles. The molecule has 2 atom stereocenters. The Morgan fingerprint density at radius 2 is 2.00 bits per heavy atom. The Morgan fingerprint density at radius 1 is 1.29 bits per heavy atom. The lowest BCUT2D eigenvalue weighted by molar-refractivity contribution is 0.0000455. The van der Waals surface area contributed by atoms with E-state index in [1.54, 1.807) is 0 Å². The fourth-order valence-electron chi connectivity index (χ4n) is 1.90. The third kappa shape index (κ3) is 5.05. The highest BCUT2D eigenvalue weighted by atomic mass is 16.5. The number of ether oxygens (including phenoxy) is 1. The summed E-state index contributed by atoms with van der Waals surface area (Å²) in [5.41, 5.74) is 1.25. The number of hydrogen-bond acceptors (Lipinski definition) is 2. The van der Waals surface area contributed by atoms with Crippen LogP contribution in [0.15, 0.2) is 43.2 Å². The lowest BCUT2D eigenvalue weighted by Crippen LogP contribution is -2.28. The van der Waals surface area contributed by atoms with E-state index in [1.807, 2.05) is 18.2 Å². The van der Waals surface area contributed by atoms with Crippen molar-refractivity contribution in [2.24, 2.45) is 0 Å². The van der Waals surface area contributed by atoms with Crippen molar-refractivity contribution in [3.05, 3.63) is 48.7 Å². The second-order valence-electron chi connectivity index (χ2n) is 4.22. The zero-order valence-electron chi connectivity index (χ0n) is 10.5. The Labute approximate surface area is 104 Å². The first-order valence-electron chi connectivity index (χ1n) is 6.26. The molecule has 0 spiro atoms. The average Bonchev–Trinajstić information content (AvgIpc) is 2.37. The quantitative estimate of drug-likeness (QED) is 0.699. The molecule has 0 unspecified atom stereocenters. The van der Waals surface area contributed by atoms with E-state index in [-0.39, 0.29) is 6.10 Å². The van der Waals surface area contributed by atoms with Gasteiger partial charge in [-0.05, 0) is 24.8 Å². The Morgan fingerprint density at radius 3 is 2.59 bits per heavy atom. The van der Waals surface area contributed by atoms with Gasteiger partial charge in [-0.25, -0.2) is 0 Å². The Kier molecular flexibility index (Phi) is 6.41. The van der Waals surface area contributed by atoms with Crippen molar-refractivity contribution in [2.45, 2.75) is 44.8 Å². The van der Waals surface area contributed by atoms with Crippen LogP contribution in [-0.4, -0.2) is 17.3 Å². The predicted octanol–water partition coefficient (Wildman–Crippen LogP) is 3.31. The predicted molar refractivity (Wildman–Crippen MR) is 70.7 cm³/mol. The van der Waals surface area contributed by atoms with Crippen molar-refractivity contribution in [3.8, 4) is 0 Å². The van der Waals surface area contributed by atoms with Crippen molar-refractivity contribution < 1.29 is 9.84 Å². The number of rotatable bonds is 8. The third-order valence-corrected chi connectivity index (χ3v) is 2.84. The Balaban J connectivity index is 2.41. The van der Waals surface area contributed by atoms with Gasteiger partial charge in [0.25, 0.3) is 0 Å². The van der Waals surface area contributed by atoms with Gasteiger partial charge >= 0.3 is 0 Å². The van der Waals surface area contributed by atoms with E-state index in [9.17, 15) is 5.11 Å². The van der Waals surface area contributed by atoms with Gasteiger partial charge in [-0.2, -0.15) is 0 Å². The van der Waals surface area contributed by atoms with Crippen LogP contribution < -0.4 is 0 Å². The lowest BCUT2D eigenvalue weighted by atomic mass is 10.0. The number of benzene rings is 1. The van der Waals surface area contributed by atoms with Gasteiger partial charge in [-0.3, -0.25) is 0 Å². The number of aliphatic hydroxyl groups excluding tert-OH is 1. The van der Waals surface area contributed by atoms with Crippen molar-refractivity contribution in [1.29, 1.82) is 0 Å². The fraction of sp³-hybridized carbons (Fsp3) is 0.467. The minimum atomic E-state index is -0.423. The molecular formula is C15H22O2. The summed E-state index contributed by atoms with van der Waals surface area (Å²) in [7, 11) is 0. The van der Waals surface area contributed by atoms with Crippen LogP contribution in [0.2, 0.25) is 0 Å². The maximum absolute atomic E-state index is 10.1. The molecule has 1 aromatic rings. The van der Waals surface area contributed by atoms with E-state index >= 15 is 0 Å². The molecule has 0 fully saturated rings. The molecule has 0 aliphatic heterocycles.